The van der Waals surface area contributed by atoms with Gasteiger partial charge in [-0.25, -0.2) is 0 Å². The number of nitrogens with one attached hydrogen (secondary N) is 1. The van der Waals surface area contributed by atoms with Gasteiger partial charge in [0, 0.05) is 13.1 Å². The minimum Gasteiger partial charge on any atom is -0.508 e. The molecule has 2 aromatic rings. The molecule has 0 bridgehead atoms. The summed E-state index contributed by atoms with van der Waals surface area (Å²) in [5, 5.41) is 19.8. The third kappa shape index (κ3) is 2.39. The minimum atomic E-state index is -0.225. The number of phenols is 1. The number of carbonyl (C=O) groups is 2. The largest absolute Gasteiger partial charge is 0.508 e. The van der Waals surface area contributed by atoms with Crippen LogP contribution in [0.4, 0.5) is 0 Å². The van der Waals surface area contributed by atoms with E-state index in [2.05, 4.69) is 15.4 Å². The number of hydrogen-bond donors (Lipinski definition) is 2. The molecule has 1 aromatic carbocycles. The second-order valence-electron chi connectivity index (χ2n) is 5.89. The first-order valence-electron chi connectivity index (χ1n) is 7.52. The predicted octanol–water partition coefficient (Wildman–Crippen LogP) is 0.903. The molecular weight excluding hydrogens is 334 g/mol. The average Bonchev–Trinajstić information content (AvgIpc) is 3.19. The van der Waals surface area contributed by atoms with Crippen LogP contribution in [0.3, 0.4) is 0 Å². The van der Waals surface area contributed by atoms with Gasteiger partial charge in [-0.1, -0.05) is 11.6 Å². The van der Waals surface area contributed by atoms with Crippen LogP contribution < -0.4 is 0 Å². The Morgan fingerprint density at radius 2 is 1.92 bits per heavy atom. The van der Waals surface area contributed by atoms with Crippen molar-refractivity contribution in [3.8, 4) is 5.75 Å². The minimum absolute atomic E-state index is 0.00468. The Kier molecular flexibility index (Phi) is 3.42. The first kappa shape index (κ1) is 14.9. The van der Waals surface area contributed by atoms with Crippen molar-refractivity contribution >= 4 is 23.4 Å². The number of hydrogen-bond acceptors (Lipinski definition) is 5. The van der Waals surface area contributed by atoms with Crippen molar-refractivity contribution in [3.05, 3.63) is 40.7 Å². The molecule has 0 spiro atoms. The van der Waals surface area contributed by atoms with Gasteiger partial charge in [0.2, 0.25) is 0 Å². The lowest BCUT2D eigenvalue weighted by Gasteiger charge is -2.34. The summed E-state index contributed by atoms with van der Waals surface area (Å²) in [6, 6.07) is 4.27. The second kappa shape index (κ2) is 5.48. The van der Waals surface area contributed by atoms with Crippen LogP contribution in [-0.2, 0) is 0 Å². The van der Waals surface area contributed by atoms with Crippen LogP contribution in [0.5, 0.6) is 5.75 Å². The van der Waals surface area contributed by atoms with Crippen molar-refractivity contribution in [1.82, 2.24) is 25.2 Å². The summed E-state index contributed by atoms with van der Waals surface area (Å²) in [6.45, 7) is 0.838. The topological polar surface area (TPSA) is 102 Å². The maximum atomic E-state index is 12.7. The number of halogens is 1. The Morgan fingerprint density at radius 1 is 1.21 bits per heavy atom. The van der Waals surface area contributed by atoms with E-state index in [4.69, 9.17) is 11.6 Å². The van der Waals surface area contributed by atoms with E-state index in [1.165, 1.54) is 24.4 Å². The molecule has 124 valence electrons. The van der Waals surface area contributed by atoms with Crippen LogP contribution >= 0.6 is 11.6 Å². The highest BCUT2D eigenvalue weighted by molar-refractivity contribution is 6.33. The summed E-state index contributed by atoms with van der Waals surface area (Å²) in [5.41, 5.74) is 0.551. The molecule has 4 rings (SSSR count). The highest BCUT2D eigenvalue weighted by Gasteiger charge is 2.52. The molecule has 24 heavy (non-hydrogen) atoms. The Labute approximate surface area is 142 Å². The summed E-state index contributed by atoms with van der Waals surface area (Å²) in [7, 11) is 0. The number of piperazine rings is 1. The molecule has 2 heterocycles. The SMILES string of the molecule is O=C(c1cn[nH]n1)N1CCN(C(=O)c2cc(O)ccc2Cl)C2CC21. The van der Waals surface area contributed by atoms with Crippen molar-refractivity contribution in [2.45, 2.75) is 18.5 Å². The fourth-order valence-electron chi connectivity index (χ4n) is 3.17. The molecule has 1 aromatic heterocycles. The number of aromatic nitrogens is 3. The normalized spacial score (nSPS) is 22.2. The van der Waals surface area contributed by atoms with Gasteiger partial charge < -0.3 is 14.9 Å². The summed E-state index contributed by atoms with van der Waals surface area (Å²) in [4.78, 5) is 28.6. The van der Waals surface area contributed by atoms with E-state index in [0.717, 1.165) is 6.42 Å². The van der Waals surface area contributed by atoms with Crippen molar-refractivity contribution in [1.29, 1.82) is 0 Å². The van der Waals surface area contributed by atoms with E-state index < -0.39 is 0 Å². The fourth-order valence-corrected chi connectivity index (χ4v) is 3.37. The van der Waals surface area contributed by atoms with E-state index >= 15 is 0 Å². The number of rotatable bonds is 2. The van der Waals surface area contributed by atoms with Gasteiger partial charge in [0.15, 0.2) is 5.69 Å². The van der Waals surface area contributed by atoms with Crippen molar-refractivity contribution in [3.63, 3.8) is 0 Å². The number of aromatic hydroxyl groups is 1. The zero-order valence-corrected chi connectivity index (χ0v) is 13.3. The van der Waals surface area contributed by atoms with E-state index in [-0.39, 0.29) is 40.9 Å². The third-order valence-electron chi connectivity index (χ3n) is 4.44. The van der Waals surface area contributed by atoms with Crippen molar-refractivity contribution in [2.24, 2.45) is 0 Å². The lowest BCUT2D eigenvalue weighted by molar-refractivity contribution is 0.0523. The van der Waals surface area contributed by atoms with Gasteiger partial charge in [-0.2, -0.15) is 15.4 Å². The second-order valence-corrected chi connectivity index (χ2v) is 6.29. The molecule has 1 aliphatic carbocycles. The van der Waals surface area contributed by atoms with Crippen molar-refractivity contribution in [2.75, 3.05) is 13.1 Å². The van der Waals surface area contributed by atoms with Gasteiger partial charge in [0.25, 0.3) is 11.8 Å². The molecule has 1 saturated carbocycles. The van der Waals surface area contributed by atoms with E-state index in [9.17, 15) is 14.7 Å². The lowest BCUT2D eigenvalue weighted by Crippen LogP contribution is -2.50. The smallest absolute Gasteiger partial charge is 0.276 e. The van der Waals surface area contributed by atoms with Crippen LogP contribution in [0, 0.1) is 0 Å². The zero-order valence-electron chi connectivity index (χ0n) is 12.5. The monoisotopic (exact) mass is 347 g/mol. The Morgan fingerprint density at radius 3 is 2.58 bits per heavy atom. The number of fused-ring (bicyclic) bond motifs is 1. The number of phenolic OH excluding ortho intramolecular Hbond substituents is 1. The first-order chi connectivity index (χ1) is 11.6. The standard InChI is InChI=1S/C15H14ClN5O3/c16-10-2-1-8(22)5-9(10)14(23)20-3-4-21(13-6-12(13)20)15(24)11-7-17-19-18-11/h1-2,5,7,12-13,22H,3-4,6H2,(H,17,18,19). The predicted molar refractivity (Wildman–Crippen MR) is 83.8 cm³/mol. The van der Waals surface area contributed by atoms with E-state index in [0.29, 0.717) is 18.1 Å². The summed E-state index contributed by atoms with van der Waals surface area (Å²) in [5.74, 6) is -0.411. The number of H-pyrrole nitrogens is 1. The van der Waals surface area contributed by atoms with Gasteiger partial charge in [-0.15, -0.1) is 0 Å². The summed E-state index contributed by atoms with van der Waals surface area (Å²) in [6.07, 6.45) is 2.12. The Balaban J connectivity index is 1.51. The van der Waals surface area contributed by atoms with E-state index in [1.807, 2.05) is 0 Å². The maximum Gasteiger partial charge on any atom is 0.276 e. The molecule has 8 nitrogen and oxygen atoms in total. The molecule has 2 N–H and O–H groups in total. The molecule has 2 fully saturated rings. The molecule has 9 heteroatoms. The fraction of sp³-hybridized carbons (Fsp3) is 0.333. The molecule has 2 amide bonds. The number of amides is 2. The van der Waals surface area contributed by atoms with Gasteiger partial charge in [0.05, 0.1) is 28.9 Å². The number of aromatic amines is 1. The maximum absolute atomic E-state index is 12.7. The molecule has 0 radical (unpaired) electrons. The van der Waals surface area contributed by atoms with E-state index in [1.54, 1.807) is 9.80 Å². The van der Waals surface area contributed by atoms with Crippen LogP contribution in [0.1, 0.15) is 27.3 Å². The van der Waals surface area contributed by atoms with Crippen molar-refractivity contribution < 1.29 is 14.7 Å². The van der Waals surface area contributed by atoms with Gasteiger partial charge >= 0.3 is 0 Å². The number of benzene rings is 1. The number of nitrogens with zero attached hydrogens (tertiary/aromatic N) is 4. The van der Waals surface area contributed by atoms with Gasteiger partial charge in [-0.3, -0.25) is 9.59 Å². The Hall–Kier alpha value is -2.61. The van der Waals surface area contributed by atoms with Crippen LogP contribution in [0.2, 0.25) is 5.02 Å². The highest BCUT2D eigenvalue weighted by atomic mass is 35.5. The number of carbonyl (C=O) groups excluding carboxylic acids is 2. The first-order valence-corrected chi connectivity index (χ1v) is 7.90. The summed E-state index contributed by atoms with van der Waals surface area (Å²) >= 11 is 6.08. The molecule has 1 aliphatic heterocycles. The molecule has 2 aliphatic rings. The molecular formula is C15H14ClN5O3. The van der Waals surface area contributed by atoms with Crippen LogP contribution in [0.25, 0.3) is 0 Å². The molecule has 1 saturated heterocycles. The van der Waals surface area contributed by atoms with Crippen LogP contribution in [-0.4, -0.2) is 67.3 Å². The molecule has 2 atom stereocenters. The highest BCUT2D eigenvalue weighted by Crippen LogP contribution is 2.38. The Bertz CT molecular complexity index is 809. The lowest BCUT2D eigenvalue weighted by atomic mass is 10.1. The quantitative estimate of drug-likeness (QED) is 0.840. The van der Waals surface area contributed by atoms with Gasteiger partial charge in [0.1, 0.15) is 5.75 Å². The average molecular weight is 348 g/mol. The summed E-state index contributed by atoms with van der Waals surface area (Å²) < 4.78 is 0. The van der Waals surface area contributed by atoms with Crippen LogP contribution in [0.15, 0.2) is 24.4 Å². The molecule has 2 unspecified atom stereocenters. The van der Waals surface area contributed by atoms with Gasteiger partial charge in [-0.05, 0) is 24.6 Å². The zero-order chi connectivity index (χ0) is 16.8. The third-order valence-corrected chi connectivity index (χ3v) is 4.77.